The minimum atomic E-state index is 0.609. The molecule has 0 aliphatic heterocycles. The second kappa shape index (κ2) is 8.64. The number of rotatable bonds is 8. The third-order valence-electron chi connectivity index (χ3n) is 3.51. The van der Waals surface area contributed by atoms with E-state index < -0.39 is 0 Å². The van der Waals surface area contributed by atoms with Crippen molar-refractivity contribution < 1.29 is 19.4 Å². The van der Waals surface area contributed by atoms with Gasteiger partial charge in [0.05, 0.1) is 25.5 Å². The van der Waals surface area contributed by atoms with Gasteiger partial charge in [0, 0.05) is 25.7 Å². The van der Waals surface area contributed by atoms with Crippen LogP contribution in [-0.4, -0.2) is 44.5 Å². The molecule has 0 saturated heterocycles. The maximum atomic E-state index is 9.07. The van der Waals surface area contributed by atoms with Gasteiger partial charge < -0.3 is 19.4 Å². The van der Waals surface area contributed by atoms with Gasteiger partial charge in [-0.25, -0.2) is 0 Å². The lowest BCUT2D eigenvalue weighted by Gasteiger charge is -2.18. The first-order chi connectivity index (χ1) is 10.3. The van der Waals surface area contributed by atoms with Crippen LogP contribution in [0.15, 0.2) is 23.4 Å². The van der Waals surface area contributed by atoms with E-state index in [4.69, 9.17) is 19.4 Å². The van der Waals surface area contributed by atoms with Crippen molar-refractivity contribution in [2.24, 2.45) is 5.16 Å². The molecule has 0 bridgehead atoms. The quantitative estimate of drug-likeness (QED) is 0.455. The second-order valence-corrected chi connectivity index (χ2v) is 5.03. The average molecular weight is 293 g/mol. The maximum Gasteiger partial charge on any atom is 0.119 e. The fraction of sp³-hybridized carbons (Fsp3) is 0.562. The molecular formula is C16H23NO4. The first kappa shape index (κ1) is 15.8. The Kier molecular flexibility index (Phi) is 6.50. The van der Waals surface area contributed by atoms with E-state index in [1.807, 2.05) is 12.1 Å². The van der Waals surface area contributed by atoms with E-state index in [2.05, 4.69) is 11.2 Å². The molecule has 5 heteroatoms. The topological polar surface area (TPSA) is 60.3 Å². The van der Waals surface area contributed by atoms with Crippen molar-refractivity contribution in [2.75, 3.05) is 33.5 Å². The normalized spacial score (nSPS) is 16.0. The molecule has 1 aliphatic rings. The van der Waals surface area contributed by atoms with Crippen LogP contribution in [0.1, 0.15) is 30.4 Å². The standard InChI is InChI=1S/C16H23NO4/c1-19-10-11-20-8-3-9-21-14-7-6-13-4-2-5-16(17-18)15(13)12-14/h6-7,12,18H,2-5,8-11H2,1H3/b17-16-. The molecule has 0 unspecified atom stereocenters. The molecule has 1 aromatic rings. The van der Waals surface area contributed by atoms with Gasteiger partial charge >= 0.3 is 0 Å². The monoisotopic (exact) mass is 293 g/mol. The van der Waals surface area contributed by atoms with Crippen LogP contribution in [0.3, 0.4) is 0 Å². The van der Waals surface area contributed by atoms with Gasteiger partial charge in [-0.2, -0.15) is 0 Å². The molecule has 0 amide bonds. The summed E-state index contributed by atoms with van der Waals surface area (Å²) in [5.41, 5.74) is 2.99. The summed E-state index contributed by atoms with van der Waals surface area (Å²) in [4.78, 5) is 0. The highest BCUT2D eigenvalue weighted by Crippen LogP contribution is 2.26. The van der Waals surface area contributed by atoms with Gasteiger partial charge in [-0.1, -0.05) is 11.2 Å². The summed E-state index contributed by atoms with van der Waals surface area (Å²) in [7, 11) is 1.66. The molecule has 2 rings (SSSR count). The second-order valence-electron chi connectivity index (χ2n) is 5.03. The molecule has 0 saturated carbocycles. The van der Waals surface area contributed by atoms with Crippen LogP contribution in [-0.2, 0) is 15.9 Å². The van der Waals surface area contributed by atoms with Gasteiger partial charge in [-0.3, -0.25) is 0 Å². The summed E-state index contributed by atoms with van der Waals surface area (Å²) >= 11 is 0. The Bertz CT molecular complexity index is 473. The highest BCUT2D eigenvalue weighted by Gasteiger charge is 2.16. The SMILES string of the molecule is COCCOCCCOc1ccc2c(c1)/C(=N\O)CCC2. The Balaban J connectivity index is 1.79. The van der Waals surface area contributed by atoms with Gasteiger partial charge in [0.2, 0.25) is 0 Å². The van der Waals surface area contributed by atoms with Crippen molar-refractivity contribution in [2.45, 2.75) is 25.7 Å². The predicted octanol–water partition coefficient (Wildman–Crippen LogP) is 2.63. The van der Waals surface area contributed by atoms with Crippen molar-refractivity contribution in [1.82, 2.24) is 0 Å². The van der Waals surface area contributed by atoms with Gasteiger partial charge in [0.1, 0.15) is 5.75 Å². The summed E-state index contributed by atoms with van der Waals surface area (Å²) in [5.74, 6) is 0.814. The Morgan fingerprint density at radius 1 is 1.14 bits per heavy atom. The number of ether oxygens (including phenoxy) is 3. The zero-order chi connectivity index (χ0) is 14.9. The van der Waals surface area contributed by atoms with Crippen molar-refractivity contribution in [3.63, 3.8) is 0 Å². The van der Waals surface area contributed by atoms with E-state index in [0.717, 1.165) is 42.7 Å². The summed E-state index contributed by atoms with van der Waals surface area (Å²) in [6, 6.07) is 6.00. The molecule has 0 heterocycles. The van der Waals surface area contributed by atoms with Gasteiger partial charge in [-0.05, 0) is 37.0 Å². The van der Waals surface area contributed by atoms with Crippen molar-refractivity contribution in [1.29, 1.82) is 0 Å². The smallest absolute Gasteiger partial charge is 0.119 e. The summed E-state index contributed by atoms with van der Waals surface area (Å²) in [5, 5.41) is 12.5. The zero-order valence-electron chi connectivity index (χ0n) is 12.5. The number of hydrogen-bond donors (Lipinski definition) is 1. The third kappa shape index (κ3) is 4.72. The van der Waals surface area contributed by atoms with Crippen LogP contribution >= 0.6 is 0 Å². The molecule has 0 radical (unpaired) electrons. The molecule has 0 spiro atoms. The molecule has 1 aliphatic carbocycles. The molecule has 5 nitrogen and oxygen atoms in total. The van der Waals surface area contributed by atoms with Crippen molar-refractivity contribution in [3.05, 3.63) is 29.3 Å². The zero-order valence-corrected chi connectivity index (χ0v) is 12.5. The minimum absolute atomic E-state index is 0.609. The number of benzene rings is 1. The van der Waals surface area contributed by atoms with Crippen LogP contribution in [0.2, 0.25) is 0 Å². The summed E-state index contributed by atoms with van der Waals surface area (Å²) in [6.45, 7) is 2.51. The number of fused-ring (bicyclic) bond motifs is 1. The molecule has 1 aromatic carbocycles. The fourth-order valence-electron chi connectivity index (χ4n) is 2.41. The molecule has 21 heavy (non-hydrogen) atoms. The fourth-order valence-corrected chi connectivity index (χ4v) is 2.41. The highest BCUT2D eigenvalue weighted by molar-refractivity contribution is 6.02. The summed E-state index contributed by atoms with van der Waals surface area (Å²) in [6.07, 6.45) is 3.72. The molecule has 116 valence electrons. The number of methoxy groups -OCH3 is 1. The van der Waals surface area contributed by atoms with Gasteiger partial charge in [0.15, 0.2) is 0 Å². The van der Waals surface area contributed by atoms with E-state index in [1.165, 1.54) is 5.56 Å². The maximum absolute atomic E-state index is 9.07. The highest BCUT2D eigenvalue weighted by atomic mass is 16.5. The van der Waals surface area contributed by atoms with E-state index in [1.54, 1.807) is 7.11 Å². The van der Waals surface area contributed by atoms with E-state index in [0.29, 0.717) is 26.4 Å². The minimum Gasteiger partial charge on any atom is -0.493 e. The molecular weight excluding hydrogens is 270 g/mol. The van der Waals surface area contributed by atoms with Crippen LogP contribution in [0.4, 0.5) is 0 Å². The predicted molar refractivity (Wildman–Crippen MR) is 80.5 cm³/mol. The van der Waals surface area contributed by atoms with Crippen molar-refractivity contribution in [3.8, 4) is 5.75 Å². The number of aryl methyl sites for hydroxylation is 1. The lowest BCUT2D eigenvalue weighted by atomic mass is 9.90. The lowest BCUT2D eigenvalue weighted by molar-refractivity contribution is 0.0644. The lowest BCUT2D eigenvalue weighted by Crippen LogP contribution is -2.12. The average Bonchev–Trinajstić information content (AvgIpc) is 2.53. The Morgan fingerprint density at radius 3 is 2.86 bits per heavy atom. The Hall–Kier alpha value is -1.59. The number of nitrogens with zero attached hydrogens (tertiary/aromatic N) is 1. The first-order valence-electron chi connectivity index (χ1n) is 7.39. The van der Waals surface area contributed by atoms with E-state index in [-0.39, 0.29) is 0 Å². The molecule has 1 N–H and O–H groups in total. The van der Waals surface area contributed by atoms with Gasteiger partial charge in [-0.15, -0.1) is 0 Å². The first-order valence-corrected chi connectivity index (χ1v) is 7.39. The third-order valence-corrected chi connectivity index (χ3v) is 3.51. The van der Waals surface area contributed by atoms with Crippen LogP contribution in [0.25, 0.3) is 0 Å². The van der Waals surface area contributed by atoms with Gasteiger partial charge in [0.25, 0.3) is 0 Å². The number of hydrogen-bond acceptors (Lipinski definition) is 5. The Morgan fingerprint density at radius 2 is 2.05 bits per heavy atom. The van der Waals surface area contributed by atoms with E-state index >= 15 is 0 Å². The van der Waals surface area contributed by atoms with Crippen molar-refractivity contribution >= 4 is 5.71 Å². The van der Waals surface area contributed by atoms with Crippen LogP contribution in [0, 0.1) is 0 Å². The Labute approximate surface area is 125 Å². The molecule has 0 atom stereocenters. The van der Waals surface area contributed by atoms with Crippen LogP contribution < -0.4 is 4.74 Å². The molecule has 0 fully saturated rings. The molecule has 0 aromatic heterocycles. The van der Waals surface area contributed by atoms with Crippen LogP contribution in [0.5, 0.6) is 5.75 Å². The largest absolute Gasteiger partial charge is 0.493 e. The van der Waals surface area contributed by atoms with E-state index in [9.17, 15) is 0 Å². The summed E-state index contributed by atoms with van der Waals surface area (Å²) < 4.78 is 16.0. The number of oxime groups is 1.